The maximum absolute atomic E-state index is 12.9. The van der Waals surface area contributed by atoms with Crippen LogP contribution >= 0.6 is 0 Å². The first-order valence-electron chi connectivity index (χ1n) is 9.20. The van der Waals surface area contributed by atoms with Crippen molar-refractivity contribution in [2.45, 2.75) is 38.1 Å². The van der Waals surface area contributed by atoms with Crippen LogP contribution in [0, 0.1) is 5.92 Å². The molecular formula is C19H25N3O4. The second-order valence-electron chi connectivity index (χ2n) is 6.96. The Morgan fingerprint density at radius 3 is 2.50 bits per heavy atom. The van der Waals surface area contributed by atoms with E-state index in [-0.39, 0.29) is 17.9 Å². The molecule has 0 saturated carbocycles. The SMILES string of the molecule is O=C(O)C1CCCCN1C(=O)C1CCCN(C(=O)Nc2ccccc2)C1. The number of amides is 3. The summed E-state index contributed by atoms with van der Waals surface area (Å²) in [5.41, 5.74) is 0.716. The van der Waals surface area contributed by atoms with E-state index in [0.29, 0.717) is 38.2 Å². The number of carboxylic acids is 1. The number of rotatable bonds is 3. The van der Waals surface area contributed by atoms with Gasteiger partial charge in [-0.2, -0.15) is 0 Å². The van der Waals surface area contributed by atoms with Crippen LogP contribution in [0.3, 0.4) is 0 Å². The minimum Gasteiger partial charge on any atom is -0.480 e. The second-order valence-corrected chi connectivity index (χ2v) is 6.96. The predicted molar refractivity (Wildman–Crippen MR) is 96.7 cm³/mol. The number of para-hydroxylation sites is 1. The van der Waals surface area contributed by atoms with Gasteiger partial charge in [-0.25, -0.2) is 9.59 Å². The fourth-order valence-electron chi connectivity index (χ4n) is 3.77. The highest BCUT2D eigenvalue weighted by Gasteiger charge is 2.37. The molecular weight excluding hydrogens is 334 g/mol. The lowest BCUT2D eigenvalue weighted by atomic mass is 9.93. The molecule has 0 aliphatic carbocycles. The number of aliphatic carboxylic acids is 1. The van der Waals surface area contributed by atoms with Crippen LogP contribution in [0.15, 0.2) is 30.3 Å². The van der Waals surface area contributed by atoms with Gasteiger partial charge in [0.05, 0.1) is 5.92 Å². The average Bonchev–Trinajstić information content (AvgIpc) is 2.68. The van der Waals surface area contributed by atoms with E-state index in [2.05, 4.69) is 5.32 Å². The minimum absolute atomic E-state index is 0.130. The third-order valence-corrected chi connectivity index (χ3v) is 5.15. The summed E-state index contributed by atoms with van der Waals surface area (Å²) in [4.78, 5) is 40.0. The molecule has 0 spiro atoms. The molecule has 7 heteroatoms. The number of urea groups is 1. The van der Waals surface area contributed by atoms with E-state index >= 15 is 0 Å². The van der Waals surface area contributed by atoms with E-state index in [1.807, 2.05) is 30.3 Å². The number of carbonyl (C=O) groups is 3. The van der Waals surface area contributed by atoms with Crippen LogP contribution in [0.1, 0.15) is 32.1 Å². The molecule has 2 unspecified atom stereocenters. The van der Waals surface area contributed by atoms with E-state index < -0.39 is 12.0 Å². The Labute approximate surface area is 153 Å². The molecule has 2 heterocycles. The Bertz CT molecular complexity index is 664. The minimum atomic E-state index is -0.937. The number of nitrogens with one attached hydrogen (secondary N) is 1. The van der Waals surface area contributed by atoms with E-state index in [1.165, 1.54) is 4.90 Å². The molecule has 2 aliphatic heterocycles. The standard InChI is InChI=1S/C19H25N3O4/c23-17(22-12-5-4-10-16(22)18(24)25)14-7-6-11-21(13-14)19(26)20-15-8-2-1-3-9-15/h1-3,8-9,14,16H,4-7,10-13H2,(H,20,26)(H,24,25). The normalized spacial score (nSPS) is 23.4. The summed E-state index contributed by atoms with van der Waals surface area (Å²) in [6, 6.07) is 8.25. The molecule has 2 N–H and O–H groups in total. The molecule has 2 fully saturated rings. The number of nitrogens with zero attached hydrogens (tertiary/aromatic N) is 2. The Hall–Kier alpha value is -2.57. The number of carboxylic acid groups (broad SMARTS) is 1. The lowest BCUT2D eigenvalue weighted by Gasteiger charge is -2.38. The zero-order chi connectivity index (χ0) is 18.5. The molecule has 0 aromatic heterocycles. The summed E-state index contributed by atoms with van der Waals surface area (Å²) in [7, 11) is 0. The molecule has 2 atom stereocenters. The van der Waals surface area contributed by atoms with Crippen LogP contribution in [-0.2, 0) is 9.59 Å². The van der Waals surface area contributed by atoms with Crippen molar-refractivity contribution in [1.82, 2.24) is 9.80 Å². The highest BCUT2D eigenvalue weighted by Crippen LogP contribution is 2.25. The van der Waals surface area contributed by atoms with Crippen molar-refractivity contribution < 1.29 is 19.5 Å². The molecule has 3 rings (SSSR count). The first-order valence-corrected chi connectivity index (χ1v) is 9.20. The van der Waals surface area contributed by atoms with Crippen molar-refractivity contribution in [1.29, 1.82) is 0 Å². The van der Waals surface area contributed by atoms with Crippen LogP contribution in [0.25, 0.3) is 0 Å². The Morgan fingerprint density at radius 1 is 1.00 bits per heavy atom. The van der Waals surface area contributed by atoms with Crippen molar-refractivity contribution in [3.63, 3.8) is 0 Å². The monoisotopic (exact) mass is 359 g/mol. The number of benzene rings is 1. The zero-order valence-electron chi connectivity index (χ0n) is 14.8. The van der Waals surface area contributed by atoms with Crippen LogP contribution in [0.4, 0.5) is 10.5 Å². The average molecular weight is 359 g/mol. The van der Waals surface area contributed by atoms with E-state index in [0.717, 1.165) is 19.3 Å². The maximum atomic E-state index is 12.9. The van der Waals surface area contributed by atoms with Gasteiger partial charge in [0.25, 0.3) is 0 Å². The third-order valence-electron chi connectivity index (χ3n) is 5.15. The Kier molecular flexibility index (Phi) is 5.75. The van der Waals surface area contributed by atoms with E-state index in [9.17, 15) is 19.5 Å². The van der Waals surface area contributed by atoms with Crippen molar-refractivity contribution >= 4 is 23.6 Å². The van der Waals surface area contributed by atoms with Crippen LogP contribution < -0.4 is 5.32 Å². The number of hydrogen-bond acceptors (Lipinski definition) is 3. The van der Waals surface area contributed by atoms with Gasteiger partial charge in [0.15, 0.2) is 0 Å². The van der Waals surface area contributed by atoms with Gasteiger partial charge < -0.3 is 20.2 Å². The highest BCUT2D eigenvalue weighted by molar-refractivity contribution is 5.90. The van der Waals surface area contributed by atoms with Gasteiger partial charge in [-0.3, -0.25) is 4.79 Å². The van der Waals surface area contributed by atoms with Gasteiger partial charge in [0.2, 0.25) is 5.91 Å². The molecule has 2 saturated heterocycles. The summed E-state index contributed by atoms with van der Waals surface area (Å²) in [6.45, 7) is 1.42. The lowest BCUT2D eigenvalue weighted by Crippen LogP contribution is -2.53. The molecule has 0 bridgehead atoms. The summed E-state index contributed by atoms with van der Waals surface area (Å²) in [5, 5.41) is 12.2. The molecule has 7 nitrogen and oxygen atoms in total. The second kappa shape index (κ2) is 8.21. The summed E-state index contributed by atoms with van der Waals surface area (Å²) in [6.07, 6.45) is 3.60. The molecule has 1 aromatic carbocycles. The van der Waals surface area contributed by atoms with Crippen molar-refractivity contribution in [2.75, 3.05) is 25.0 Å². The van der Waals surface area contributed by atoms with Crippen LogP contribution in [-0.4, -0.2) is 58.5 Å². The highest BCUT2D eigenvalue weighted by atomic mass is 16.4. The Morgan fingerprint density at radius 2 is 1.77 bits per heavy atom. The molecule has 140 valence electrons. The first kappa shape index (κ1) is 18.2. The maximum Gasteiger partial charge on any atom is 0.326 e. The van der Waals surface area contributed by atoms with Crippen molar-refractivity contribution in [3.05, 3.63) is 30.3 Å². The molecule has 2 aliphatic rings. The summed E-state index contributed by atoms with van der Waals surface area (Å²) in [5.74, 6) is -1.40. The number of piperidine rings is 2. The largest absolute Gasteiger partial charge is 0.480 e. The molecule has 1 aromatic rings. The Balaban J connectivity index is 1.63. The lowest BCUT2D eigenvalue weighted by molar-refractivity contribution is -0.154. The smallest absolute Gasteiger partial charge is 0.326 e. The van der Waals surface area contributed by atoms with E-state index in [4.69, 9.17) is 0 Å². The molecule has 3 amide bonds. The fourth-order valence-corrected chi connectivity index (χ4v) is 3.77. The number of hydrogen-bond donors (Lipinski definition) is 2. The number of carbonyl (C=O) groups excluding carboxylic acids is 2. The molecule has 0 radical (unpaired) electrons. The van der Waals surface area contributed by atoms with Gasteiger partial charge >= 0.3 is 12.0 Å². The van der Waals surface area contributed by atoms with Gasteiger partial charge in [0.1, 0.15) is 6.04 Å². The number of anilines is 1. The quantitative estimate of drug-likeness (QED) is 0.867. The predicted octanol–water partition coefficient (Wildman–Crippen LogP) is 2.40. The van der Waals surface area contributed by atoms with Gasteiger partial charge in [0, 0.05) is 25.3 Å². The van der Waals surface area contributed by atoms with E-state index in [1.54, 1.807) is 4.90 Å². The van der Waals surface area contributed by atoms with Crippen LogP contribution in [0.2, 0.25) is 0 Å². The third kappa shape index (κ3) is 4.15. The van der Waals surface area contributed by atoms with Crippen molar-refractivity contribution in [3.8, 4) is 0 Å². The van der Waals surface area contributed by atoms with Crippen LogP contribution in [0.5, 0.6) is 0 Å². The van der Waals surface area contributed by atoms with Gasteiger partial charge in [-0.15, -0.1) is 0 Å². The zero-order valence-corrected chi connectivity index (χ0v) is 14.8. The first-order chi connectivity index (χ1) is 12.6. The van der Waals surface area contributed by atoms with Gasteiger partial charge in [-0.1, -0.05) is 18.2 Å². The summed E-state index contributed by atoms with van der Waals surface area (Å²) >= 11 is 0. The number of likely N-dealkylation sites (tertiary alicyclic amines) is 2. The van der Waals surface area contributed by atoms with Gasteiger partial charge in [-0.05, 0) is 44.2 Å². The molecule has 26 heavy (non-hydrogen) atoms. The summed E-state index contributed by atoms with van der Waals surface area (Å²) < 4.78 is 0. The van der Waals surface area contributed by atoms with Crippen molar-refractivity contribution in [2.24, 2.45) is 5.92 Å². The topological polar surface area (TPSA) is 90.0 Å². The fraction of sp³-hybridized carbons (Fsp3) is 0.526.